The van der Waals surface area contributed by atoms with Crippen LogP contribution in [0.3, 0.4) is 0 Å². The van der Waals surface area contributed by atoms with E-state index in [0.717, 1.165) is 4.68 Å². The van der Waals surface area contributed by atoms with Crippen LogP contribution in [0.4, 0.5) is 5.69 Å². The van der Waals surface area contributed by atoms with Crippen molar-refractivity contribution in [2.75, 3.05) is 0 Å². The average Bonchev–Trinajstić information content (AvgIpc) is 2.07. The second kappa shape index (κ2) is 2.67. The standard InChI is InChI=1S/C4H3Cl2N3O2/c1-8-4(6)2(9(10)11)3(5)7-8/h1H3. The highest BCUT2D eigenvalue weighted by Gasteiger charge is 2.23. The van der Waals surface area contributed by atoms with Crippen molar-refractivity contribution >= 4 is 28.9 Å². The summed E-state index contributed by atoms with van der Waals surface area (Å²) >= 11 is 10.9. The predicted molar refractivity (Wildman–Crippen MR) is 39.9 cm³/mol. The number of halogens is 2. The Kier molecular flexibility index (Phi) is 2.01. The smallest absolute Gasteiger partial charge is 0.258 e. The normalized spacial score (nSPS) is 10.1. The predicted octanol–water partition coefficient (Wildman–Crippen LogP) is 1.64. The van der Waals surface area contributed by atoms with Gasteiger partial charge in [0.1, 0.15) is 0 Å². The van der Waals surface area contributed by atoms with Gasteiger partial charge < -0.3 is 0 Å². The van der Waals surface area contributed by atoms with Crippen molar-refractivity contribution in [2.24, 2.45) is 7.05 Å². The molecule has 0 N–H and O–H groups in total. The summed E-state index contributed by atoms with van der Waals surface area (Å²) < 4.78 is 1.14. The Bertz CT molecular complexity index is 309. The van der Waals surface area contributed by atoms with Crippen LogP contribution in [0.2, 0.25) is 10.3 Å². The number of nitrogens with zero attached hydrogens (tertiary/aromatic N) is 3. The third-order valence-electron chi connectivity index (χ3n) is 1.10. The van der Waals surface area contributed by atoms with Gasteiger partial charge in [0, 0.05) is 7.05 Å². The molecular formula is C4H3Cl2N3O2. The summed E-state index contributed by atoms with van der Waals surface area (Å²) in [4.78, 5) is 9.57. The van der Waals surface area contributed by atoms with Gasteiger partial charge in [-0.15, -0.1) is 0 Å². The lowest BCUT2D eigenvalue weighted by Crippen LogP contribution is -1.90. The lowest BCUT2D eigenvalue weighted by atomic mass is 10.6. The molecule has 0 aromatic carbocycles. The van der Waals surface area contributed by atoms with Crippen LogP contribution in [0.5, 0.6) is 0 Å². The van der Waals surface area contributed by atoms with Gasteiger partial charge in [-0.1, -0.05) is 23.2 Å². The summed E-state index contributed by atoms with van der Waals surface area (Å²) in [6, 6.07) is 0. The maximum Gasteiger partial charge on any atom is 0.344 e. The molecule has 60 valence electrons. The molecule has 0 amide bonds. The van der Waals surface area contributed by atoms with E-state index in [2.05, 4.69) is 5.10 Å². The van der Waals surface area contributed by atoms with Crippen LogP contribution >= 0.6 is 23.2 Å². The molecule has 1 rings (SSSR count). The van der Waals surface area contributed by atoms with E-state index in [1.165, 1.54) is 7.05 Å². The molecule has 0 unspecified atom stereocenters. The van der Waals surface area contributed by atoms with Crippen LogP contribution in [0.15, 0.2) is 0 Å². The van der Waals surface area contributed by atoms with Crippen LogP contribution in [0.25, 0.3) is 0 Å². The lowest BCUT2D eigenvalue weighted by Gasteiger charge is -1.87. The van der Waals surface area contributed by atoms with E-state index in [-0.39, 0.29) is 16.0 Å². The van der Waals surface area contributed by atoms with E-state index in [1.54, 1.807) is 0 Å². The fourth-order valence-corrected chi connectivity index (χ4v) is 1.13. The summed E-state index contributed by atoms with van der Waals surface area (Å²) in [5, 5.41) is 13.5. The van der Waals surface area contributed by atoms with E-state index >= 15 is 0 Å². The Balaban J connectivity index is 3.34. The molecule has 0 atom stereocenters. The van der Waals surface area contributed by atoms with Crippen molar-refractivity contribution in [2.45, 2.75) is 0 Å². The second-order valence-electron chi connectivity index (χ2n) is 1.81. The first-order valence-corrected chi connectivity index (χ1v) is 3.32. The molecule has 0 fully saturated rings. The molecule has 1 heterocycles. The zero-order valence-corrected chi connectivity index (χ0v) is 6.93. The average molecular weight is 196 g/mol. The quantitative estimate of drug-likeness (QED) is 0.506. The highest BCUT2D eigenvalue weighted by Crippen LogP contribution is 2.30. The summed E-state index contributed by atoms with van der Waals surface area (Å²) in [5.74, 6) is 0. The molecule has 0 saturated heterocycles. The van der Waals surface area contributed by atoms with Crippen LogP contribution in [-0.2, 0) is 7.05 Å². The van der Waals surface area contributed by atoms with Gasteiger partial charge >= 0.3 is 5.69 Å². The molecule has 1 aromatic heterocycles. The zero-order valence-electron chi connectivity index (χ0n) is 5.41. The van der Waals surface area contributed by atoms with Crippen LogP contribution in [0, 0.1) is 10.1 Å². The minimum absolute atomic E-state index is 0.0694. The largest absolute Gasteiger partial charge is 0.344 e. The van der Waals surface area contributed by atoms with E-state index in [4.69, 9.17) is 23.2 Å². The molecule has 0 radical (unpaired) electrons. The van der Waals surface area contributed by atoms with Gasteiger partial charge in [0.05, 0.1) is 4.92 Å². The van der Waals surface area contributed by atoms with Crippen molar-refractivity contribution in [1.29, 1.82) is 0 Å². The molecule has 5 nitrogen and oxygen atoms in total. The first-order valence-electron chi connectivity index (χ1n) is 2.56. The molecule has 7 heteroatoms. The van der Waals surface area contributed by atoms with Crippen molar-refractivity contribution in [3.8, 4) is 0 Å². The lowest BCUT2D eigenvalue weighted by molar-refractivity contribution is -0.384. The van der Waals surface area contributed by atoms with E-state index in [9.17, 15) is 10.1 Å². The minimum atomic E-state index is -0.669. The number of nitro groups is 1. The maximum atomic E-state index is 10.2. The van der Waals surface area contributed by atoms with Gasteiger partial charge in [-0.25, -0.2) is 4.68 Å². The van der Waals surface area contributed by atoms with Gasteiger partial charge in [0.25, 0.3) is 0 Å². The molecular weight excluding hydrogens is 193 g/mol. The Morgan fingerprint density at radius 3 is 2.36 bits per heavy atom. The number of hydrogen-bond acceptors (Lipinski definition) is 3. The SMILES string of the molecule is Cn1nc(Cl)c([N+](=O)[O-])c1Cl. The molecule has 0 aliphatic carbocycles. The highest BCUT2D eigenvalue weighted by atomic mass is 35.5. The second-order valence-corrected chi connectivity index (χ2v) is 2.53. The van der Waals surface area contributed by atoms with Crippen LogP contribution in [-0.4, -0.2) is 14.7 Å². The number of aryl methyl sites for hydroxylation is 1. The number of aromatic nitrogens is 2. The van der Waals surface area contributed by atoms with E-state index in [1.807, 2.05) is 0 Å². The molecule has 0 saturated carbocycles. The summed E-state index contributed by atoms with van der Waals surface area (Å²) in [6.07, 6.45) is 0. The Hall–Kier alpha value is -0.810. The van der Waals surface area contributed by atoms with Gasteiger partial charge in [-0.3, -0.25) is 10.1 Å². The molecule has 11 heavy (non-hydrogen) atoms. The van der Waals surface area contributed by atoms with Crippen molar-refractivity contribution < 1.29 is 4.92 Å². The third-order valence-corrected chi connectivity index (χ3v) is 1.77. The topological polar surface area (TPSA) is 61.0 Å². The monoisotopic (exact) mass is 195 g/mol. The first-order chi connectivity index (χ1) is 5.04. The fraction of sp³-hybridized carbons (Fsp3) is 0.250. The van der Waals surface area contributed by atoms with E-state index in [0.29, 0.717) is 0 Å². The number of hydrogen-bond donors (Lipinski definition) is 0. The van der Waals surface area contributed by atoms with Crippen LogP contribution < -0.4 is 0 Å². The molecule has 1 aromatic rings. The Morgan fingerprint density at radius 2 is 2.18 bits per heavy atom. The molecule has 0 aliphatic rings. The fourth-order valence-electron chi connectivity index (χ4n) is 0.612. The number of rotatable bonds is 1. The van der Waals surface area contributed by atoms with Crippen molar-refractivity contribution in [3.05, 3.63) is 20.4 Å². The van der Waals surface area contributed by atoms with Gasteiger partial charge in [-0.2, -0.15) is 5.10 Å². The minimum Gasteiger partial charge on any atom is -0.258 e. The summed E-state index contributed by atoms with van der Waals surface area (Å²) in [5.41, 5.74) is -0.351. The molecule has 0 bridgehead atoms. The van der Waals surface area contributed by atoms with Gasteiger partial charge in [0.15, 0.2) is 0 Å². The molecule has 0 aliphatic heterocycles. The third kappa shape index (κ3) is 1.29. The zero-order chi connectivity index (χ0) is 8.59. The van der Waals surface area contributed by atoms with Crippen molar-refractivity contribution in [1.82, 2.24) is 9.78 Å². The van der Waals surface area contributed by atoms with Crippen molar-refractivity contribution in [3.63, 3.8) is 0 Å². The summed E-state index contributed by atoms with van der Waals surface area (Å²) in [6.45, 7) is 0. The Morgan fingerprint density at radius 1 is 1.64 bits per heavy atom. The van der Waals surface area contributed by atoms with Gasteiger partial charge in [-0.05, 0) is 0 Å². The van der Waals surface area contributed by atoms with Crippen LogP contribution in [0.1, 0.15) is 0 Å². The molecule has 0 spiro atoms. The Labute approximate surface area is 71.7 Å². The van der Waals surface area contributed by atoms with Gasteiger partial charge in [0.2, 0.25) is 10.3 Å². The summed E-state index contributed by atoms with van der Waals surface area (Å²) in [7, 11) is 1.47. The van der Waals surface area contributed by atoms with E-state index < -0.39 is 4.92 Å². The first kappa shape index (κ1) is 8.29. The highest BCUT2D eigenvalue weighted by molar-refractivity contribution is 6.37. The maximum absolute atomic E-state index is 10.2.